The highest BCUT2D eigenvalue weighted by Gasteiger charge is 2.32. The summed E-state index contributed by atoms with van der Waals surface area (Å²) in [5, 5.41) is 2.72. The maximum atomic E-state index is 12.5. The molecule has 6 nitrogen and oxygen atoms in total. The predicted molar refractivity (Wildman–Crippen MR) is 95.3 cm³/mol. The second-order valence-electron chi connectivity index (χ2n) is 7.83. The minimum absolute atomic E-state index is 0.0168. The minimum atomic E-state index is -0.908. The van der Waals surface area contributed by atoms with Crippen molar-refractivity contribution in [3.8, 4) is 0 Å². The molecule has 0 aliphatic rings. The van der Waals surface area contributed by atoms with Gasteiger partial charge in [0, 0.05) is 18.2 Å². The predicted octanol–water partition coefficient (Wildman–Crippen LogP) is 2.48. The third-order valence-corrected chi connectivity index (χ3v) is 3.29. The first-order chi connectivity index (χ1) is 10.8. The van der Waals surface area contributed by atoms with Crippen molar-refractivity contribution in [2.45, 2.75) is 53.5 Å². The molecule has 0 aliphatic carbocycles. The van der Waals surface area contributed by atoms with Gasteiger partial charge in [-0.25, -0.2) is 4.90 Å². The number of nitrogens with one attached hydrogen (secondary N) is 1. The summed E-state index contributed by atoms with van der Waals surface area (Å²) in [7, 11) is 0. The van der Waals surface area contributed by atoms with E-state index in [9.17, 15) is 14.4 Å². The maximum Gasteiger partial charge on any atom is 0.323 e. The number of hydrogen-bond acceptors (Lipinski definition) is 4. The van der Waals surface area contributed by atoms with Crippen LogP contribution in [0.3, 0.4) is 0 Å². The standard InChI is InChI=1S/C18H27N3O3/c1-12(22)21(14-9-7-13(19)8-10-14)16(24)15(23)20-18(5,6)11-17(2,3)4/h7-10H,11,19H2,1-6H3,(H,20,23). The van der Waals surface area contributed by atoms with Crippen molar-refractivity contribution in [2.24, 2.45) is 5.41 Å². The van der Waals surface area contributed by atoms with Crippen molar-refractivity contribution in [1.82, 2.24) is 5.32 Å². The van der Waals surface area contributed by atoms with Crippen LogP contribution in [-0.4, -0.2) is 23.3 Å². The lowest BCUT2D eigenvalue weighted by Crippen LogP contribution is -2.53. The number of imide groups is 1. The van der Waals surface area contributed by atoms with Crippen LogP contribution >= 0.6 is 0 Å². The monoisotopic (exact) mass is 333 g/mol. The first kappa shape index (κ1) is 19.7. The smallest absolute Gasteiger partial charge is 0.323 e. The molecule has 6 heteroatoms. The molecule has 3 amide bonds. The van der Waals surface area contributed by atoms with E-state index in [0.29, 0.717) is 17.8 Å². The molecule has 0 saturated carbocycles. The quantitative estimate of drug-likeness (QED) is 0.656. The van der Waals surface area contributed by atoms with E-state index in [2.05, 4.69) is 26.1 Å². The van der Waals surface area contributed by atoms with Crippen LogP contribution in [0.2, 0.25) is 0 Å². The Balaban J connectivity index is 2.97. The molecule has 0 aliphatic heterocycles. The molecule has 132 valence electrons. The molecule has 0 fully saturated rings. The molecular weight excluding hydrogens is 306 g/mol. The van der Waals surface area contributed by atoms with E-state index in [4.69, 9.17) is 5.73 Å². The Morgan fingerprint density at radius 2 is 1.54 bits per heavy atom. The second-order valence-corrected chi connectivity index (χ2v) is 7.83. The van der Waals surface area contributed by atoms with Crippen molar-refractivity contribution >= 4 is 29.1 Å². The fraction of sp³-hybridized carbons (Fsp3) is 0.500. The Hall–Kier alpha value is -2.37. The SMILES string of the molecule is CC(=O)N(C(=O)C(=O)NC(C)(C)CC(C)(C)C)c1ccc(N)cc1. The number of carbonyl (C=O) groups excluding carboxylic acids is 3. The van der Waals surface area contributed by atoms with E-state index >= 15 is 0 Å². The van der Waals surface area contributed by atoms with Crippen LogP contribution in [0.15, 0.2) is 24.3 Å². The Morgan fingerprint density at radius 1 is 1.04 bits per heavy atom. The fourth-order valence-corrected chi connectivity index (χ4v) is 2.90. The number of benzene rings is 1. The van der Waals surface area contributed by atoms with E-state index in [-0.39, 0.29) is 5.41 Å². The average Bonchev–Trinajstić information content (AvgIpc) is 2.37. The molecule has 24 heavy (non-hydrogen) atoms. The Kier molecular flexibility index (Phi) is 5.76. The zero-order valence-electron chi connectivity index (χ0n) is 15.3. The number of carbonyl (C=O) groups is 3. The van der Waals surface area contributed by atoms with Crippen molar-refractivity contribution < 1.29 is 14.4 Å². The zero-order chi connectivity index (χ0) is 18.7. The Morgan fingerprint density at radius 3 is 1.96 bits per heavy atom. The van der Waals surface area contributed by atoms with Crippen LogP contribution in [0.1, 0.15) is 48.0 Å². The Labute approximate surface area is 143 Å². The van der Waals surface area contributed by atoms with E-state index < -0.39 is 23.3 Å². The van der Waals surface area contributed by atoms with Gasteiger partial charge in [-0.05, 0) is 49.9 Å². The van der Waals surface area contributed by atoms with Crippen LogP contribution in [-0.2, 0) is 14.4 Å². The van der Waals surface area contributed by atoms with Crippen LogP contribution in [0.4, 0.5) is 11.4 Å². The molecule has 0 heterocycles. The van der Waals surface area contributed by atoms with Crippen LogP contribution in [0.5, 0.6) is 0 Å². The van der Waals surface area contributed by atoms with Gasteiger partial charge in [0.15, 0.2) is 0 Å². The largest absolute Gasteiger partial charge is 0.399 e. The average molecular weight is 333 g/mol. The molecule has 0 unspecified atom stereocenters. The van der Waals surface area contributed by atoms with Gasteiger partial charge in [-0.1, -0.05) is 20.8 Å². The molecule has 0 atom stereocenters. The zero-order valence-corrected chi connectivity index (χ0v) is 15.3. The van der Waals surface area contributed by atoms with Gasteiger partial charge in [0.2, 0.25) is 5.91 Å². The number of rotatable bonds is 3. The Bertz CT molecular complexity index is 628. The second kappa shape index (κ2) is 7.03. The summed E-state index contributed by atoms with van der Waals surface area (Å²) in [5.74, 6) is -2.25. The number of amides is 3. The van der Waals surface area contributed by atoms with Gasteiger partial charge >= 0.3 is 11.8 Å². The highest BCUT2D eigenvalue weighted by molar-refractivity contribution is 6.45. The normalized spacial score (nSPS) is 11.8. The van der Waals surface area contributed by atoms with Crippen LogP contribution < -0.4 is 16.0 Å². The molecule has 1 aromatic carbocycles. The highest BCUT2D eigenvalue weighted by atomic mass is 16.2. The summed E-state index contributed by atoms with van der Waals surface area (Å²) in [4.78, 5) is 37.5. The number of anilines is 2. The van der Waals surface area contributed by atoms with Gasteiger partial charge in [0.05, 0.1) is 5.69 Å². The fourth-order valence-electron chi connectivity index (χ4n) is 2.90. The van der Waals surface area contributed by atoms with Gasteiger partial charge < -0.3 is 11.1 Å². The summed E-state index contributed by atoms with van der Waals surface area (Å²) < 4.78 is 0. The lowest BCUT2D eigenvalue weighted by molar-refractivity contribution is -0.140. The van der Waals surface area contributed by atoms with E-state index in [1.165, 1.54) is 19.1 Å². The molecule has 0 aromatic heterocycles. The molecule has 1 rings (SSSR count). The molecule has 0 spiro atoms. The van der Waals surface area contributed by atoms with Crippen LogP contribution in [0.25, 0.3) is 0 Å². The minimum Gasteiger partial charge on any atom is -0.399 e. The van der Waals surface area contributed by atoms with Crippen molar-refractivity contribution in [2.75, 3.05) is 10.6 Å². The van der Waals surface area contributed by atoms with Crippen molar-refractivity contribution in [1.29, 1.82) is 0 Å². The third kappa shape index (κ3) is 5.68. The van der Waals surface area contributed by atoms with E-state index in [1.807, 2.05) is 13.8 Å². The van der Waals surface area contributed by atoms with E-state index in [0.717, 1.165) is 4.90 Å². The van der Waals surface area contributed by atoms with Crippen molar-refractivity contribution in [3.05, 3.63) is 24.3 Å². The molecule has 1 aromatic rings. The van der Waals surface area contributed by atoms with Crippen molar-refractivity contribution in [3.63, 3.8) is 0 Å². The summed E-state index contributed by atoms with van der Waals surface area (Å²) in [6, 6.07) is 6.20. The topological polar surface area (TPSA) is 92.5 Å². The molecule has 0 bridgehead atoms. The van der Waals surface area contributed by atoms with Gasteiger partial charge in [-0.3, -0.25) is 14.4 Å². The molecular formula is C18H27N3O3. The van der Waals surface area contributed by atoms with Gasteiger partial charge in [-0.2, -0.15) is 0 Å². The van der Waals surface area contributed by atoms with E-state index in [1.54, 1.807) is 12.1 Å². The number of nitrogen functional groups attached to an aromatic ring is 1. The van der Waals surface area contributed by atoms with Gasteiger partial charge in [0.1, 0.15) is 0 Å². The highest BCUT2D eigenvalue weighted by Crippen LogP contribution is 2.27. The molecule has 0 radical (unpaired) electrons. The molecule has 3 N–H and O–H groups in total. The van der Waals surface area contributed by atoms with Crippen LogP contribution in [0, 0.1) is 5.41 Å². The first-order valence-corrected chi connectivity index (χ1v) is 7.85. The third-order valence-electron chi connectivity index (χ3n) is 3.29. The summed E-state index contributed by atoms with van der Waals surface area (Å²) in [6.45, 7) is 11.1. The maximum absolute atomic E-state index is 12.5. The molecule has 0 saturated heterocycles. The number of nitrogens with zero attached hydrogens (tertiary/aromatic N) is 1. The first-order valence-electron chi connectivity index (χ1n) is 7.85. The lowest BCUT2D eigenvalue weighted by atomic mass is 9.82. The summed E-state index contributed by atoms with van der Waals surface area (Å²) >= 11 is 0. The summed E-state index contributed by atoms with van der Waals surface area (Å²) in [5.41, 5.74) is 5.84. The lowest BCUT2D eigenvalue weighted by Gasteiger charge is -2.33. The number of hydrogen-bond donors (Lipinski definition) is 2. The number of nitrogens with two attached hydrogens (primary N) is 1. The summed E-state index contributed by atoms with van der Waals surface area (Å²) in [6.07, 6.45) is 0.682. The van der Waals surface area contributed by atoms with Gasteiger partial charge in [0.25, 0.3) is 0 Å². The van der Waals surface area contributed by atoms with Gasteiger partial charge in [-0.15, -0.1) is 0 Å².